The van der Waals surface area contributed by atoms with Gasteiger partial charge >= 0.3 is 0 Å². The summed E-state index contributed by atoms with van der Waals surface area (Å²) in [5, 5.41) is 0. The SMILES string of the molecule is CC(N)CCSCC(=O)N(C)Cc1ccc(Cl)s1. The van der Waals surface area contributed by atoms with Crippen LogP contribution in [-0.2, 0) is 11.3 Å². The van der Waals surface area contributed by atoms with Crippen molar-refractivity contribution in [1.29, 1.82) is 0 Å². The third kappa shape index (κ3) is 6.09. The van der Waals surface area contributed by atoms with Crippen LogP contribution in [0.5, 0.6) is 0 Å². The van der Waals surface area contributed by atoms with E-state index < -0.39 is 0 Å². The number of carbonyl (C=O) groups is 1. The molecule has 1 atom stereocenters. The van der Waals surface area contributed by atoms with Crippen LogP contribution in [-0.4, -0.2) is 35.4 Å². The van der Waals surface area contributed by atoms with Gasteiger partial charge in [-0.25, -0.2) is 0 Å². The minimum Gasteiger partial charge on any atom is -0.340 e. The van der Waals surface area contributed by atoms with E-state index in [0.29, 0.717) is 12.3 Å². The zero-order chi connectivity index (χ0) is 13.5. The number of thioether (sulfide) groups is 1. The summed E-state index contributed by atoms with van der Waals surface area (Å²) in [6, 6.07) is 4.02. The Balaban J connectivity index is 2.24. The van der Waals surface area contributed by atoms with E-state index in [1.165, 1.54) is 11.3 Å². The molecule has 3 nitrogen and oxygen atoms in total. The summed E-state index contributed by atoms with van der Waals surface area (Å²) in [4.78, 5) is 14.7. The molecule has 0 saturated heterocycles. The van der Waals surface area contributed by atoms with Crippen LogP contribution < -0.4 is 5.73 Å². The van der Waals surface area contributed by atoms with Crippen LogP contribution in [0.15, 0.2) is 12.1 Å². The molecule has 2 N–H and O–H groups in total. The molecular weight excluding hydrogens is 288 g/mol. The van der Waals surface area contributed by atoms with Gasteiger partial charge in [-0.05, 0) is 31.2 Å². The molecule has 0 radical (unpaired) electrons. The van der Waals surface area contributed by atoms with Crippen molar-refractivity contribution < 1.29 is 4.79 Å². The normalized spacial score (nSPS) is 12.4. The number of hydrogen-bond acceptors (Lipinski definition) is 4. The zero-order valence-electron chi connectivity index (χ0n) is 10.7. The van der Waals surface area contributed by atoms with Crippen LogP contribution in [0.2, 0.25) is 4.34 Å². The Morgan fingerprint density at radius 1 is 1.61 bits per heavy atom. The minimum absolute atomic E-state index is 0.147. The maximum Gasteiger partial charge on any atom is 0.232 e. The molecular formula is C12H19ClN2OS2. The molecule has 0 aromatic carbocycles. The summed E-state index contributed by atoms with van der Waals surface area (Å²) in [5.41, 5.74) is 5.65. The van der Waals surface area contributed by atoms with Gasteiger partial charge in [0.25, 0.3) is 0 Å². The molecule has 1 aromatic rings. The Hall–Kier alpha value is -0.230. The maximum absolute atomic E-state index is 11.8. The maximum atomic E-state index is 11.8. The minimum atomic E-state index is 0.147. The Bertz CT molecular complexity index is 382. The van der Waals surface area contributed by atoms with Gasteiger partial charge in [0.1, 0.15) is 0 Å². The number of thiophene rings is 1. The highest BCUT2D eigenvalue weighted by Crippen LogP contribution is 2.22. The highest BCUT2D eigenvalue weighted by molar-refractivity contribution is 7.99. The number of rotatable bonds is 7. The summed E-state index contributed by atoms with van der Waals surface area (Å²) >= 11 is 9.01. The van der Waals surface area contributed by atoms with Gasteiger partial charge in [0.2, 0.25) is 5.91 Å². The molecule has 1 rings (SSSR count). The average Bonchev–Trinajstić information content (AvgIpc) is 2.69. The van der Waals surface area contributed by atoms with Gasteiger partial charge in [0.15, 0.2) is 0 Å². The van der Waals surface area contributed by atoms with Gasteiger partial charge in [0.05, 0.1) is 16.6 Å². The van der Waals surface area contributed by atoms with Crippen molar-refractivity contribution in [3.63, 3.8) is 0 Å². The lowest BCUT2D eigenvalue weighted by molar-refractivity contribution is -0.127. The van der Waals surface area contributed by atoms with Crippen LogP contribution >= 0.6 is 34.7 Å². The molecule has 0 aliphatic rings. The molecule has 0 spiro atoms. The lowest BCUT2D eigenvalue weighted by Gasteiger charge is -2.16. The first-order valence-electron chi connectivity index (χ1n) is 5.80. The Labute approximate surface area is 122 Å². The lowest BCUT2D eigenvalue weighted by Crippen LogP contribution is -2.27. The molecule has 6 heteroatoms. The van der Waals surface area contributed by atoms with Crippen LogP contribution in [0.3, 0.4) is 0 Å². The van der Waals surface area contributed by atoms with Gasteiger partial charge < -0.3 is 10.6 Å². The predicted octanol–water partition coefficient (Wildman–Crippen LogP) is 2.83. The van der Waals surface area contributed by atoms with Gasteiger partial charge in [-0.2, -0.15) is 11.8 Å². The van der Waals surface area contributed by atoms with E-state index >= 15 is 0 Å². The molecule has 1 unspecified atom stereocenters. The fourth-order valence-electron chi connectivity index (χ4n) is 1.30. The third-order valence-corrected chi connectivity index (χ3v) is 4.58. The Kier molecular flexibility index (Phi) is 7.07. The molecule has 0 aliphatic carbocycles. The van der Waals surface area contributed by atoms with Crippen molar-refractivity contribution in [3.05, 3.63) is 21.3 Å². The summed E-state index contributed by atoms with van der Waals surface area (Å²) < 4.78 is 0.761. The lowest BCUT2D eigenvalue weighted by atomic mass is 10.3. The first kappa shape index (κ1) is 15.8. The Morgan fingerprint density at radius 2 is 2.33 bits per heavy atom. The molecule has 102 valence electrons. The molecule has 0 bridgehead atoms. The number of nitrogens with zero attached hydrogens (tertiary/aromatic N) is 1. The second-order valence-corrected chi connectivity index (χ2v) is 7.18. The predicted molar refractivity (Wildman–Crippen MR) is 81.4 cm³/mol. The fraction of sp³-hybridized carbons (Fsp3) is 0.583. The summed E-state index contributed by atoms with van der Waals surface area (Å²) in [5.74, 6) is 1.60. The molecule has 1 aromatic heterocycles. The topological polar surface area (TPSA) is 46.3 Å². The second kappa shape index (κ2) is 8.04. The average molecular weight is 307 g/mol. The number of nitrogens with two attached hydrogens (primary N) is 1. The van der Waals surface area contributed by atoms with E-state index in [0.717, 1.165) is 21.4 Å². The number of amides is 1. The van der Waals surface area contributed by atoms with Crippen molar-refractivity contribution in [1.82, 2.24) is 4.90 Å². The first-order chi connectivity index (χ1) is 8.49. The van der Waals surface area contributed by atoms with Crippen LogP contribution in [0, 0.1) is 0 Å². The zero-order valence-corrected chi connectivity index (χ0v) is 13.1. The number of halogens is 1. The van der Waals surface area contributed by atoms with Crippen LogP contribution in [0.25, 0.3) is 0 Å². The molecule has 0 fully saturated rings. The van der Waals surface area contributed by atoms with E-state index in [9.17, 15) is 4.79 Å². The van der Waals surface area contributed by atoms with Crippen molar-refractivity contribution in [3.8, 4) is 0 Å². The third-order valence-electron chi connectivity index (χ3n) is 2.39. The van der Waals surface area contributed by atoms with Crippen LogP contribution in [0.4, 0.5) is 0 Å². The van der Waals surface area contributed by atoms with Crippen molar-refractivity contribution in [2.45, 2.75) is 25.9 Å². The highest BCUT2D eigenvalue weighted by atomic mass is 35.5. The standard InChI is InChI=1S/C12H19ClN2OS2/c1-9(14)5-6-17-8-12(16)15(2)7-10-3-4-11(13)18-10/h3-4,9H,5-8,14H2,1-2H3. The summed E-state index contributed by atoms with van der Waals surface area (Å²) in [7, 11) is 1.82. The quantitative estimate of drug-likeness (QED) is 0.788. The molecule has 18 heavy (non-hydrogen) atoms. The Morgan fingerprint density at radius 3 is 2.89 bits per heavy atom. The first-order valence-corrected chi connectivity index (χ1v) is 8.15. The van der Waals surface area contributed by atoms with Crippen molar-refractivity contribution in [2.24, 2.45) is 5.73 Å². The van der Waals surface area contributed by atoms with E-state index in [4.69, 9.17) is 17.3 Å². The largest absolute Gasteiger partial charge is 0.340 e. The molecule has 0 saturated carbocycles. The van der Waals surface area contributed by atoms with E-state index in [1.54, 1.807) is 16.7 Å². The second-order valence-electron chi connectivity index (χ2n) is 4.27. The molecule has 0 aliphatic heterocycles. The van der Waals surface area contributed by atoms with Crippen molar-refractivity contribution in [2.75, 3.05) is 18.6 Å². The fourth-order valence-corrected chi connectivity index (χ4v) is 3.52. The van der Waals surface area contributed by atoms with E-state index in [2.05, 4.69) is 0 Å². The smallest absolute Gasteiger partial charge is 0.232 e. The molecule has 1 amide bonds. The number of hydrogen-bond donors (Lipinski definition) is 1. The summed E-state index contributed by atoms with van der Waals surface area (Å²) in [6.07, 6.45) is 0.947. The highest BCUT2D eigenvalue weighted by Gasteiger charge is 2.10. The van der Waals surface area contributed by atoms with Crippen LogP contribution in [0.1, 0.15) is 18.2 Å². The molecule has 1 heterocycles. The van der Waals surface area contributed by atoms with E-state index in [1.807, 2.05) is 26.1 Å². The van der Waals surface area contributed by atoms with Gasteiger partial charge in [0, 0.05) is 18.0 Å². The van der Waals surface area contributed by atoms with Crippen molar-refractivity contribution >= 4 is 40.6 Å². The van der Waals surface area contributed by atoms with Gasteiger partial charge in [-0.1, -0.05) is 11.6 Å². The number of carbonyl (C=O) groups excluding carboxylic acids is 1. The monoisotopic (exact) mass is 306 g/mol. The van der Waals surface area contributed by atoms with Gasteiger partial charge in [-0.15, -0.1) is 11.3 Å². The van der Waals surface area contributed by atoms with Gasteiger partial charge in [-0.3, -0.25) is 4.79 Å². The van der Waals surface area contributed by atoms with E-state index in [-0.39, 0.29) is 11.9 Å². The summed E-state index contributed by atoms with van der Waals surface area (Å²) in [6.45, 7) is 2.61.